The Labute approximate surface area is 138 Å². The molecule has 0 unspecified atom stereocenters. The lowest BCUT2D eigenvalue weighted by Gasteiger charge is -2.19. The van der Waals surface area contributed by atoms with Crippen molar-refractivity contribution in [2.24, 2.45) is 0 Å². The minimum atomic E-state index is -0.129. The van der Waals surface area contributed by atoms with Gasteiger partial charge in [-0.2, -0.15) is 0 Å². The molecule has 1 heterocycles. The fourth-order valence-electron chi connectivity index (χ4n) is 2.43. The first-order chi connectivity index (χ1) is 11.0. The Morgan fingerprint density at radius 2 is 2.00 bits per heavy atom. The maximum absolute atomic E-state index is 12.5. The lowest BCUT2D eigenvalue weighted by molar-refractivity contribution is 0.102. The van der Waals surface area contributed by atoms with Crippen molar-refractivity contribution in [2.75, 3.05) is 23.8 Å². The normalized spacial score (nSPS) is 10.4. The van der Waals surface area contributed by atoms with Crippen molar-refractivity contribution >= 4 is 17.3 Å². The van der Waals surface area contributed by atoms with Gasteiger partial charge in [-0.05, 0) is 38.0 Å². The van der Waals surface area contributed by atoms with Gasteiger partial charge in [0.25, 0.3) is 5.91 Å². The molecule has 0 spiro atoms. The highest BCUT2D eigenvalue weighted by Gasteiger charge is 2.10. The largest absolute Gasteiger partial charge is 0.373 e. The number of pyridine rings is 1. The van der Waals surface area contributed by atoms with Gasteiger partial charge >= 0.3 is 0 Å². The molecule has 122 valence electrons. The van der Waals surface area contributed by atoms with Crippen LogP contribution >= 0.6 is 0 Å². The van der Waals surface area contributed by atoms with Crippen LogP contribution in [0.25, 0.3) is 0 Å². The van der Waals surface area contributed by atoms with Gasteiger partial charge in [0.05, 0.1) is 17.4 Å². The number of hydrogen-bond acceptors (Lipinski definition) is 3. The Morgan fingerprint density at radius 3 is 2.70 bits per heavy atom. The Kier molecular flexibility index (Phi) is 5.74. The van der Waals surface area contributed by atoms with Crippen molar-refractivity contribution in [3.63, 3.8) is 0 Å². The molecule has 1 aromatic heterocycles. The van der Waals surface area contributed by atoms with Gasteiger partial charge in [-0.25, -0.2) is 0 Å². The van der Waals surface area contributed by atoms with E-state index in [1.165, 1.54) is 5.56 Å². The lowest BCUT2D eigenvalue weighted by Crippen LogP contribution is -2.20. The standard InChI is InChI=1S/C19H25N3O/c1-5-6-9-22(4)17-11-16(12-20-13-17)19(23)21-18-8-7-14(2)10-15(18)3/h7-8,10-13H,5-6,9H2,1-4H3,(H,21,23). The molecule has 0 fully saturated rings. The van der Waals surface area contributed by atoms with Gasteiger partial charge in [-0.1, -0.05) is 31.0 Å². The number of nitrogens with zero attached hydrogens (tertiary/aromatic N) is 2. The van der Waals surface area contributed by atoms with Crippen LogP contribution in [-0.2, 0) is 0 Å². The van der Waals surface area contributed by atoms with Crippen molar-refractivity contribution < 1.29 is 4.79 Å². The molecule has 0 saturated carbocycles. The second kappa shape index (κ2) is 7.77. The minimum Gasteiger partial charge on any atom is -0.373 e. The molecule has 1 N–H and O–H groups in total. The average molecular weight is 311 g/mol. The minimum absolute atomic E-state index is 0.129. The summed E-state index contributed by atoms with van der Waals surface area (Å²) in [5.41, 5.74) is 4.62. The molecule has 0 atom stereocenters. The van der Waals surface area contributed by atoms with Crippen molar-refractivity contribution in [3.8, 4) is 0 Å². The van der Waals surface area contributed by atoms with E-state index >= 15 is 0 Å². The molecule has 1 aromatic carbocycles. The number of benzene rings is 1. The molecule has 0 radical (unpaired) electrons. The molecule has 23 heavy (non-hydrogen) atoms. The summed E-state index contributed by atoms with van der Waals surface area (Å²) in [5.74, 6) is -0.129. The summed E-state index contributed by atoms with van der Waals surface area (Å²) in [6, 6.07) is 7.88. The fourth-order valence-corrected chi connectivity index (χ4v) is 2.43. The van der Waals surface area contributed by atoms with E-state index in [4.69, 9.17) is 0 Å². The molecule has 0 aliphatic carbocycles. The number of amides is 1. The molecular formula is C19H25N3O. The van der Waals surface area contributed by atoms with Gasteiger partial charge in [0.2, 0.25) is 0 Å². The quantitative estimate of drug-likeness (QED) is 0.870. The van der Waals surface area contributed by atoms with Crippen molar-refractivity contribution in [1.29, 1.82) is 0 Å². The number of nitrogens with one attached hydrogen (secondary N) is 1. The van der Waals surface area contributed by atoms with E-state index in [1.54, 1.807) is 12.4 Å². The molecule has 0 aliphatic heterocycles. The van der Waals surface area contributed by atoms with Gasteiger partial charge in [0.1, 0.15) is 0 Å². The molecule has 4 nitrogen and oxygen atoms in total. The third-order valence-corrected chi connectivity index (χ3v) is 3.90. The van der Waals surface area contributed by atoms with Crippen LogP contribution in [0.3, 0.4) is 0 Å². The summed E-state index contributed by atoms with van der Waals surface area (Å²) in [6.07, 6.45) is 5.67. The van der Waals surface area contributed by atoms with E-state index in [0.717, 1.165) is 36.3 Å². The maximum Gasteiger partial charge on any atom is 0.257 e. The molecule has 1 amide bonds. The van der Waals surface area contributed by atoms with Crippen LogP contribution in [0.5, 0.6) is 0 Å². The Bertz CT molecular complexity index is 682. The number of carbonyl (C=O) groups is 1. The first-order valence-electron chi connectivity index (χ1n) is 8.06. The molecular weight excluding hydrogens is 286 g/mol. The van der Waals surface area contributed by atoms with Crippen molar-refractivity contribution in [1.82, 2.24) is 4.98 Å². The van der Waals surface area contributed by atoms with E-state index < -0.39 is 0 Å². The van der Waals surface area contributed by atoms with Crippen LogP contribution < -0.4 is 10.2 Å². The number of hydrogen-bond donors (Lipinski definition) is 1. The number of carbonyl (C=O) groups excluding carboxylic acids is 1. The van der Waals surface area contributed by atoms with Crippen molar-refractivity contribution in [2.45, 2.75) is 33.6 Å². The third kappa shape index (κ3) is 4.55. The summed E-state index contributed by atoms with van der Waals surface area (Å²) < 4.78 is 0. The summed E-state index contributed by atoms with van der Waals surface area (Å²) in [4.78, 5) is 18.8. The second-order valence-corrected chi connectivity index (χ2v) is 5.98. The summed E-state index contributed by atoms with van der Waals surface area (Å²) >= 11 is 0. The smallest absolute Gasteiger partial charge is 0.257 e. The van der Waals surface area contributed by atoms with E-state index in [-0.39, 0.29) is 5.91 Å². The Hall–Kier alpha value is -2.36. The zero-order valence-corrected chi connectivity index (χ0v) is 14.4. The number of aryl methyl sites for hydroxylation is 2. The Morgan fingerprint density at radius 1 is 1.22 bits per heavy atom. The number of unbranched alkanes of at least 4 members (excludes halogenated alkanes) is 1. The molecule has 0 bridgehead atoms. The number of rotatable bonds is 6. The molecule has 2 rings (SSSR count). The fraction of sp³-hybridized carbons (Fsp3) is 0.368. The monoisotopic (exact) mass is 311 g/mol. The molecule has 4 heteroatoms. The highest BCUT2D eigenvalue weighted by molar-refractivity contribution is 6.04. The van der Waals surface area contributed by atoms with Crippen LogP contribution in [0.4, 0.5) is 11.4 Å². The maximum atomic E-state index is 12.5. The highest BCUT2D eigenvalue weighted by atomic mass is 16.1. The van der Waals surface area contributed by atoms with Crippen LogP contribution in [0.2, 0.25) is 0 Å². The van der Waals surface area contributed by atoms with Gasteiger partial charge in [-0.15, -0.1) is 0 Å². The van der Waals surface area contributed by atoms with Crippen LogP contribution in [0.15, 0.2) is 36.7 Å². The van der Waals surface area contributed by atoms with Crippen LogP contribution in [-0.4, -0.2) is 24.5 Å². The second-order valence-electron chi connectivity index (χ2n) is 5.98. The predicted octanol–water partition coefficient (Wildman–Crippen LogP) is 4.19. The van der Waals surface area contributed by atoms with E-state index in [9.17, 15) is 4.79 Å². The Balaban J connectivity index is 2.13. The summed E-state index contributed by atoms with van der Waals surface area (Å²) in [7, 11) is 2.03. The summed E-state index contributed by atoms with van der Waals surface area (Å²) in [5, 5.41) is 2.97. The van der Waals surface area contributed by atoms with Gasteiger partial charge in [0.15, 0.2) is 0 Å². The first kappa shape index (κ1) is 17.0. The third-order valence-electron chi connectivity index (χ3n) is 3.90. The topological polar surface area (TPSA) is 45.2 Å². The van der Waals surface area contributed by atoms with Crippen LogP contribution in [0, 0.1) is 13.8 Å². The molecule has 0 aliphatic rings. The summed E-state index contributed by atoms with van der Waals surface area (Å²) in [6.45, 7) is 7.16. The number of anilines is 2. The van der Waals surface area contributed by atoms with Gasteiger partial charge < -0.3 is 10.2 Å². The predicted molar refractivity (Wildman–Crippen MR) is 96.3 cm³/mol. The van der Waals surface area contributed by atoms with E-state index in [2.05, 4.69) is 28.2 Å². The number of aromatic nitrogens is 1. The van der Waals surface area contributed by atoms with Crippen molar-refractivity contribution in [3.05, 3.63) is 53.3 Å². The molecule has 2 aromatic rings. The SMILES string of the molecule is CCCCN(C)c1cncc(C(=O)Nc2ccc(C)cc2C)c1. The van der Waals surface area contributed by atoms with Gasteiger partial charge in [-0.3, -0.25) is 9.78 Å². The molecule has 0 saturated heterocycles. The van der Waals surface area contributed by atoms with E-state index in [0.29, 0.717) is 5.56 Å². The first-order valence-corrected chi connectivity index (χ1v) is 8.06. The van der Waals surface area contributed by atoms with E-state index in [1.807, 2.05) is 39.1 Å². The lowest BCUT2D eigenvalue weighted by atomic mass is 10.1. The highest BCUT2D eigenvalue weighted by Crippen LogP contribution is 2.19. The zero-order chi connectivity index (χ0) is 16.8. The zero-order valence-electron chi connectivity index (χ0n) is 14.4. The van der Waals surface area contributed by atoms with Gasteiger partial charge in [0, 0.05) is 25.5 Å². The van der Waals surface area contributed by atoms with Crippen LogP contribution in [0.1, 0.15) is 41.3 Å². The average Bonchev–Trinajstić information content (AvgIpc) is 2.55.